The van der Waals surface area contributed by atoms with Gasteiger partial charge in [0.05, 0.1) is 0 Å². The highest BCUT2D eigenvalue weighted by atomic mass is 35.5. The summed E-state index contributed by atoms with van der Waals surface area (Å²) in [6.45, 7) is 5.03. The summed E-state index contributed by atoms with van der Waals surface area (Å²) in [7, 11) is -3.26. The number of sulfonamides is 1. The van der Waals surface area contributed by atoms with Gasteiger partial charge in [0.25, 0.3) is 10.0 Å². The Balaban J connectivity index is 0.00000147. The van der Waals surface area contributed by atoms with E-state index in [0.717, 1.165) is 26.2 Å². The van der Waals surface area contributed by atoms with E-state index in [4.69, 9.17) is 0 Å². The molecule has 0 aromatic carbocycles. The molecule has 1 unspecified atom stereocenters. The monoisotopic (exact) mass is 337 g/mol. The molecule has 3 rings (SSSR count). The van der Waals surface area contributed by atoms with Crippen LogP contribution in [0, 0.1) is 0 Å². The zero-order valence-electron chi connectivity index (χ0n) is 11.2. The van der Waals surface area contributed by atoms with E-state index in [1.165, 1.54) is 17.8 Å². The molecule has 1 aromatic rings. The molecule has 0 radical (unpaired) electrons. The van der Waals surface area contributed by atoms with Gasteiger partial charge in [0.2, 0.25) is 0 Å². The van der Waals surface area contributed by atoms with Crippen LogP contribution in [0.1, 0.15) is 6.42 Å². The Morgan fingerprint density at radius 3 is 2.55 bits per heavy atom. The second-order valence-corrected chi connectivity index (χ2v) is 8.13. The van der Waals surface area contributed by atoms with E-state index < -0.39 is 10.0 Å². The van der Waals surface area contributed by atoms with Crippen molar-refractivity contribution in [3.63, 3.8) is 0 Å². The SMILES string of the molecule is Cl.O=S(=O)(c1cccs1)N1CCN(C2CCNC2)CC1. The average Bonchev–Trinajstić information content (AvgIpc) is 3.12. The van der Waals surface area contributed by atoms with Gasteiger partial charge in [-0.25, -0.2) is 8.42 Å². The van der Waals surface area contributed by atoms with Crippen LogP contribution in [0.3, 0.4) is 0 Å². The van der Waals surface area contributed by atoms with Crippen molar-refractivity contribution < 1.29 is 8.42 Å². The van der Waals surface area contributed by atoms with Crippen LogP contribution in [0.4, 0.5) is 0 Å². The molecule has 3 heterocycles. The minimum absolute atomic E-state index is 0. The predicted octanol–water partition coefficient (Wildman–Crippen LogP) is 0.838. The van der Waals surface area contributed by atoms with E-state index in [9.17, 15) is 8.42 Å². The number of thiophene rings is 1. The highest BCUT2D eigenvalue weighted by Crippen LogP contribution is 2.22. The van der Waals surface area contributed by atoms with Gasteiger partial charge >= 0.3 is 0 Å². The molecular formula is C12H20ClN3O2S2. The molecule has 20 heavy (non-hydrogen) atoms. The lowest BCUT2D eigenvalue weighted by Crippen LogP contribution is -2.52. The summed E-state index contributed by atoms with van der Waals surface area (Å²) in [5.74, 6) is 0. The lowest BCUT2D eigenvalue weighted by Gasteiger charge is -2.36. The van der Waals surface area contributed by atoms with Gasteiger partial charge < -0.3 is 5.32 Å². The van der Waals surface area contributed by atoms with E-state index in [2.05, 4.69) is 10.2 Å². The number of nitrogens with zero attached hydrogens (tertiary/aromatic N) is 2. The van der Waals surface area contributed by atoms with E-state index in [1.54, 1.807) is 16.4 Å². The molecule has 0 aliphatic carbocycles. The summed E-state index contributed by atoms with van der Waals surface area (Å²) >= 11 is 1.30. The van der Waals surface area contributed by atoms with Crippen molar-refractivity contribution in [3.05, 3.63) is 17.5 Å². The zero-order valence-corrected chi connectivity index (χ0v) is 13.6. The third-order valence-corrected chi connectivity index (χ3v) is 7.18. The topological polar surface area (TPSA) is 52.7 Å². The molecule has 8 heteroatoms. The van der Waals surface area contributed by atoms with Crippen molar-refractivity contribution in [3.8, 4) is 0 Å². The largest absolute Gasteiger partial charge is 0.315 e. The quantitative estimate of drug-likeness (QED) is 0.888. The van der Waals surface area contributed by atoms with Crippen LogP contribution in [-0.4, -0.2) is 62.9 Å². The number of piperazine rings is 1. The Morgan fingerprint density at radius 2 is 2.00 bits per heavy atom. The van der Waals surface area contributed by atoms with Gasteiger partial charge in [-0.15, -0.1) is 23.7 Å². The van der Waals surface area contributed by atoms with Crippen LogP contribution in [0.5, 0.6) is 0 Å². The molecule has 2 aliphatic heterocycles. The molecule has 1 N–H and O–H groups in total. The van der Waals surface area contributed by atoms with Gasteiger partial charge in [0.15, 0.2) is 0 Å². The van der Waals surface area contributed by atoms with Gasteiger partial charge in [-0.1, -0.05) is 6.07 Å². The van der Waals surface area contributed by atoms with Gasteiger partial charge in [-0.2, -0.15) is 4.31 Å². The fourth-order valence-corrected chi connectivity index (χ4v) is 5.36. The number of rotatable bonds is 3. The number of nitrogens with one attached hydrogen (secondary N) is 1. The molecule has 2 fully saturated rings. The third kappa shape index (κ3) is 3.18. The molecule has 114 valence electrons. The Morgan fingerprint density at radius 1 is 1.25 bits per heavy atom. The molecule has 1 atom stereocenters. The number of hydrogen-bond acceptors (Lipinski definition) is 5. The lowest BCUT2D eigenvalue weighted by molar-refractivity contribution is 0.145. The highest BCUT2D eigenvalue weighted by molar-refractivity contribution is 7.91. The van der Waals surface area contributed by atoms with E-state index >= 15 is 0 Å². The van der Waals surface area contributed by atoms with E-state index in [-0.39, 0.29) is 12.4 Å². The van der Waals surface area contributed by atoms with Crippen molar-refractivity contribution in [1.29, 1.82) is 0 Å². The second kappa shape index (κ2) is 6.72. The van der Waals surface area contributed by atoms with Gasteiger partial charge in [-0.05, 0) is 24.4 Å². The predicted molar refractivity (Wildman–Crippen MR) is 83.2 cm³/mol. The van der Waals surface area contributed by atoms with Crippen LogP contribution >= 0.6 is 23.7 Å². The maximum absolute atomic E-state index is 12.4. The lowest BCUT2D eigenvalue weighted by atomic mass is 10.2. The smallest absolute Gasteiger partial charge is 0.252 e. The van der Waals surface area contributed by atoms with Crippen LogP contribution in [0.15, 0.2) is 21.7 Å². The first-order valence-electron chi connectivity index (χ1n) is 6.66. The first kappa shape index (κ1) is 16.2. The molecular weight excluding hydrogens is 318 g/mol. The Labute approximate surface area is 130 Å². The fourth-order valence-electron chi connectivity index (χ4n) is 2.80. The van der Waals surface area contributed by atoms with Crippen molar-refractivity contribution in [2.24, 2.45) is 0 Å². The Kier molecular flexibility index (Phi) is 5.44. The number of halogens is 1. The third-order valence-electron chi connectivity index (χ3n) is 3.91. The molecule has 5 nitrogen and oxygen atoms in total. The number of hydrogen-bond donors (Lipinski definition) is 1. The molecule has 2 aliphatic rings. The standard InChI is InChI=1S/C12H19N3O2S2.ClH/c16-19(17,12-2-1-9-18-12)15-7-5-14(6-8-15)11-3-4-13-10-11;/h1-2,9,11,13H,3-8,10H2;1H. The molecule has 0 amide bonds. The van der Waals surface area contributed by atoms with Crippen molar-refractivity contribution in [2.75, 3.05) is 39.3 Å². The molecule has 2 saturated heterocycles. The van der Waals surface area contributed by atoms with E-state index in [1.807, 2.05) is 5.38 Å². The van der Waals surface area contributed by atoms with Crippen LogP contribution in [0.25, 0.3) is 0 Å². The zero-order chi connectivity index (χ0) is 13.3. The van der Waals surface area contributed by atoms with Crippen LogP contribution < -0.4 is 5.32 Å². The van der Waals surface area contributed by atoms with Crippen molar-refractivity contribution in [1.82, 2.24) is 14.5 Å². The second-order valence-electron chi connectivity index (χ2n) is 5.02. The normalized spacial score (nSPS) is 25.5. The van der Waals surface area contributed by atoms with Gasteiger partial charge in [-0.3, -0.25) is 4.90 Å². The molecule has 0 saturated carbocycles. The van der Waals surface area contributed by atoms with Crippen LogP contribution in [-0.2, 0) is 10.0 Å². The fraction of sp³-hybridized carbons (Fsp3) is 0.667. The summed E-state index contributed by atoms with van der Waals surface area (Å²) in [5, 5.41) is 5.17. The van der Waals surface area contributed by atoms with E-state index in [0.29, 0.717) is 23.3 Å². The highest BCUT2D eigenvalue weighted by Gasteiger charge is 2.32. The van der Waals surface area contributed by atoms with Crippen molar-refractivity contribution >= 4 is 33.8 Å². The minimum atomic E-state index is -3.26. The summed E-state index contributed by atoms with van der Waals surface area (Å²) in [4.78, 5) is 2.42. The Hall–Kier alpha value is -0.180. The Bertz CT molecular complexity index is 507. The maximum Gasteiger partial charge on any atom is 0.252 e. The molecule has 0 spiro atoms. The summed E-state index contributed by atoms with van der Waals surface area (Å²) in [5.41, 5.74) is 0. The first-order valence-corrected chi connectivity index (χ1v) is 8.98. The summed E-state index contributed by atoms with van der Waals surface area (Å²) in [6, 6.07) is 4.07. The van der Waals surface area contributed by atoms with Gasteiger partial charge in [0, 0.05) is 38.8 Å². The first-order chi connectivity index (χ1) is 9.18. The maximum atomic E-state index is 12.4. The van der Waals surface area contributed by atoms with Crippen LogP contribution in [0.2, 0.25) is 0 Å². The minimum Gasteiger partial charge on any atom is -0.315 e. The average molecular weight is 338 g/mol. The molecule has 0 bridgehead atoms. The van der Waals surface area contributed by atoms with Gasteiger partial charge in [0.1, 0.15) is 4.21 Å². The summed E-state index contributed by atoms with van der Waals surface area (Å²) in [6.07, 6.45) is 1.18. The van der Waals surface area contributed by atoms with Crippen molar-refractivity contribution in [2.45, 2.75) is 16.7 Å². The summed E-state index contributed by atoms with van der Waals surface area (Å²) < 4.78 is 26.8. The molecule has 1 aromatic heterocycles.